The highest BCUT2D eigenvalue weighted by Gasteiger charge is 2.19. The van der Waals surface area contributed by atoms with Crippen molar-refractivity contribution in [2.45, 2.75) is 20.8 Å². The van der Waals surface area contributed by atoms with Crippen molar-refractivity contribution >= 4 is 11.6 Å². The summed E-state index contributed by atoms with van der Waals surface area (Å²) in [6.07, 6.45) is 3.37. The average Bonchev–Trinajstić information content (AvgIpc) is 2.43. The fourth-order valence-corrected chi connectivity index (χ4v) is 2.12. The Balaban J connectivity index is 2.93. The number of pyridine rings is 1. The molecule has 5 nitrogen and oxygen atoms in total. The number of hydrogen-bond acceptors (Lipinski definition) is 4. The van der Waals surface area contributed by atoms with Gasteiger partial charge < -0.3 is 15.1 Å². The Morgan fingerprint density at radius 1 is 1.33 bits per heavy atom. The molecule has 0 radical (unpaired) electrons. The Hall–Kier alpha value is -1.62. The third kappa shape index (κ3) is 5.71. The fourth-order valence-electron chi connectivity index (χ4n) is 2.12. The van der Waals surface area contributed by atoms with E-state index in [0.29, 0.717) is 11.5 Å². The summed E-state index contributed by atoms with van der Waals surface area (Å²) in [7, 11) is 4.04. The average molecular weight is 292 g/mol. The smallest absolute Gasteiger partial charge is 0.257 e. The molecule has 1 heterocycles. The molecule has 0 aliphatic carbocycles. The zero-order valence-corrected chi connectivity index (χ0v) is 13.9. The molecule has 1 aromatic rings. The second kappa shape index (κ2) is 8.62. The van der Waals surface area contributed by atoms with Crippen molar-refractivity contribution in [3.8, 4) is 0 Å². The molecule has 0 atom stereocenters. The van der Waals surface area contributed by atoms with Gasteiger partial charge in [0.2, 0.25) is 0 Å². The van der Waals surface area contributed by atoms with Crippen LogP contribution in [0.4, 0.5) is 5.69 Å². The Bertz CT molecular complexity index is 446. The molecule has 0 aromatic carbocycles. The van der Waals surface area contributed by atoms with E-state index in [2.05, 4.69) is 29.0 Å². The predicted octanol–water partition coefficient (Wildman–Crippen LogP) is 2.17. The van der Waals surface area contributed by atoms with Crippen LogP contribution >= 0.6 is 0 Å². The van der Waals surface area contributed by atoms with Crippen LogP contribution in [0.3, 0.4) is 0 Å². The van der Waals surface area contributed by atoms with Gasteiger partial charge in [-0.05, 0) is 33.0 Å². The highest BCUT2D eigenvalue weighted by atomic mass is 16.2. The summed E-state index contributed by atoms with van der Waals surface area (Å²) in [4.78, 5) is 20.9. The van der Waals surface area contributed by atoms with Crippen LogP contribution < -0.4 is 5.32 Å². The lowest BCUT2D eigenvalue weighted by molar-refractivity contribution is 0.0725. The maximum atomic E-state index is 12.8. The number of rotatable bonds is 8. The molecule has 0 unspecified atom stereocenters. The second-order valence-corrected chi connectivity index (χ2v) is 5.90. The van der Waals surface area contributed by atoms with Gasteiger partial charge in [0.05, 0.1) is 11.3 Å². The monoisotopic (exact) mass is 292 g/mol. The molecule has 0 fully saturated rings. The first-order valence-electron chi connectivity index (χ1n) is 7.57. The summed E-state index contributed by atoms with van der Waals surface area (Å²) in [5.41, 5.74) is 1.51. The highest BCUT2D eigenvalue weighted by Crippen LogP contribution is 2.16. The van der Waals surface area contributed by atoms with Crippen LogP contribution in [0.15, 0.2) is 18.5 Å². The van der Waals surface area contributed by atoms with Gasteiger partial charge in [-0.25, -0.2) is 0 Å². The highest BCUT2D eigenvalue weighted by molar-refractivity contribution is 5.99. The van der Waals surface area contributed by atoms with Gasteiger partial charge in [-0.15, -0.1) is 0 Å². The summed E-state index contributed by atoms with van der Waals surface area (Å²) in [5, 5.41) is 3.23. The number of aromatic nitrogens is 1. The van der Waals surface area contributed by atoms with Crippen molar-refractivity contribution in [3.05, 3.63) is 24.0 Å². The minimum Gasteiger partial charge on any atom is -0.385 e. The van der Waals surface area contributed by atoms with Crippen molar-refractivity contribution in [1.82, 2.24) is 14.8 Å². The van der Waals surface area contributed by atoms with E-state index < -0.39 is 0 Å². The molecule has 0 saturated carbocycles. The van der Waals surface area contributed by atoms with Gasteiger partial charge in [-0.1, -0.05) is 13.8 Å². The third-order valence-corrected chi connectivity index (χ3v) is 3.11. The molecule has 1 amide bonds. The lowest BCUT2D eigenvalue weighted by Crippen LogP contribution is -2.39. The zero-order chi connectivity index (χ0) is 15.8. The Labute approximate surface area is 128 Å². The van der Waals surface area contributed by atoms with Crippen LogP contribution in [0.2, 0.25) is 0 Å². The van der Waals surface area contributed by atoms with E-state index in [-0.39, 0.29) is 5.91 Å². The van der Waals surface area contributed by atoms with E-state index in [0.717, 1.165) is 31.9 Å². The molecule has 0 spiro atoms. The predicted molar refractivity (Wildman–Crippen MR) is 87.7 cm³/mol. The topological polar surface area (TPSA) is 48.5 Å². The third-order valence-electron chi connectivity index (χ3n) is 3.11. The first-order chi connectivity index (χ1) is 9.95. The van der Waals surface area contributed by atoms with Gasteiger partial charge in [0, 0.05) is 38.6 Å². The van der Waals surface area contributed by atoms with E-state index in [4.69, 9.17) is 0 Å². The van der Waals surface area contributed by atoms with Crippen LogP contribution in [0, 0.1) is 5.92 Å². The molecule has 1 N–H and O–H groups in total. The summed E-state index contributed by atoms with van der Waals surface area (Å²) in [6, 6.07) is 1.86. The minimum absolute atomic E-state index is 0.0506. The Morgan fingerprint density at radius 3 is 2.62 bits per heavy atom. The SMILES string of the molecule is CCNc1ccncc1C(=O)N(CCN(C)C)CC(C)C. The number of nitrogens with zero attached hydrogens (tertiary/aromatic N) is 3. The minimum atomic E-state index is 0.0506. The Kier molecular flexibility index (Phi) is 7.15. The summed E-state index contributed by atoms with van der Waals surface area (Å²) >= 11 is 0. The van der Waals surface area contributed by atoms with Gasteiger partial charge in [-0.3, -0.25) is 9.78 Å². The van der Waals surface area contributed by atoms with E-state index in [1.807, 2.05) is 32.0 Å². The largest absolute Gasteiger partial charge is 0.385 e. The van der Waals surface area contributed by atoms with Crippen LogP contribution in [-0.4, -0.2) is 61.0 Å². The number of hydrogen-bond donors (Lipinski definition) is 1. The van der Waals surface area contributed by atoms with E-state index in [9.17, 15) is 4.79 Å². The number of nitrogens with one attached hydrogen (secondary N) is 1. The molecule has 0 aliphatic rings. The zero-order valence-electron chi connectivity index (χ0n) is 13.9. The van der Waals surface area contributed by atoms with Crippen molar-refractivity contribution < 1.29 is 4.79 Å². The van der Waals surface area contributed by atoms with Crippen LogP contribution in [0.25, 0.3) is 0 Å². The van der Waals surface area contributed by atoms with E-state index in [1.165, 1.54) is 0 Å². The normalized spacial score (nSPS) is 11.0. The van der Waals surface area contributed by atoms with E-state index >= 15 is 0 Å². The van der Waals surface area contributed by atoms with Gasteiger partial charge in [0.25, 0.3) is 5.91 Å². The number of likely N-dealkylation sites (N-methyl/N-ethyl adjacent to an activating group) is 1. The fraction of sp³-hybridized carbons (Fsp3) is 0.625. The van der Waals surface area contributed by atoms with Gasteiger partial charge in [0.15, 0.2) is 0 Å². The summed E-state index contributed by atoms with van der Waals surface area (Å²) in [6.45, 7) is 9.40. The van der Waals surface area contributed by atoms with Gasteiger partial charge >= 0.3 is 0 Å². The number of amides is 1. The first kappa shape index (κ1) is 17.4. The van der Waals surface area contributed by atoms with Crippen molar-refractivity contribution in [3.63, 3.8) is 0 Å². The van der Waals surface area contributed by atoms with E-state index in [1.54, 1.807) is 12.4 Å². The Morgan fingerprint density at radius 2 is 2.05 bits per heavy atom. The van der Waals surface area contributed by atoms with Crippen LogP contribution in [0.5, 0.6) is 0 Å². The lowest BCUT2D eigenvalue weighted by atomic mass is 10.1. The number of anilines is 1. The summed E-state index contributed by atoms with van der Waals surface area (Å²) < 4.78 is 0. The summed E-state index contributed by atoms with van der Waals surface area (Å²) in [5.74, 6) is 0.491. The molecule has 5 heteroatoms. The standard InChI is InChI=1S/C16H28N4O/c1-6-18-15-7-8-17-11-14(15)16(21)20(12-13(2)3)10-9-19(4)5/h7-8,11,13H,6,9-10,12H2,1-5H3,(H,17,18). The molecular formula is C16H28N4O. The number of carbonyl (C=O) groups excluding carboxylic acids is 1. The van der Waals surface area contributed by atoms with Gasteiger partial charge in [-0.2, -0.15) is 0 Å². The van der Waals surface area contributed by atoms with Crippen molar-refractivity contribution in [2.75, 3.05) is 45.6 Å². The molecule has 1 rings (SSSR count). The molecule has 0 saturated heterocycles. The lowest BCUT2D eigenvalue weighted by Gasteiger charge is -2.27. The quantitative estimate of drug-likeness (QED) is 0.798. The van der Waals surface area contributed by atoms with Crippen LogP contribution in [-0.2, 0) is 0 Å². The molecular weight excluding hydrogens is 264 g/mol. The van der Waals surface area contributed by atoms with Crippen molar-refractivity contribution in [2.24, 2.45) is 5.92 Å². The molecule has 118 valence electrons. The van der Waals surface area contributed by atoms with Crippen LogP contribution in [0.1, 0.15) is 31.1 Å². The molecule has 0 bridgehead atoms. The maximum absolute atomic E-state index is 12.8. The second-order valence-electron chi connectivity index (χ2n) is 5.90. The maximum Gasteiger partial charge on any atom is 0.257 e. The first-order valence-corrected chi connectivity index (χ1v) is 7.57. The molecule has 0 aliphatic heterocycles. The molecule has 1 aromatic heterocycles. The van der Waals surface area contributed by atoms with Crippen molar-refractivity contribution in [1.29, 1.82) is 0 Å². The number of carbonyl (C=O) groups is 1. The molecule has 21 heavy (non-hydrogen) atoms. The van der Waals surface area contributed by atoms with Gasteiger partial charge in [0.1, 0.15) is 0 Å².